The van der Waals surface area contributed by atoms with Crippen LogP contribution in [0.3, 0.4) is 0 Å². The predicted octanol–water partition coefficient (Wildman–Crippen LogP) is 0.962. The van der Waals surface area contributed by atoms with Gasteiger partial charge in [0.15, 0.2) is 0 Å². The van der Waals surface area contributed by atoms with Crippen LogP contribution in [0.2, 0.25) is 5.02 Å². The minimum Gasteiger partial charge on any atom is -0.468 e. The van der Waals surface area contributed by atoms with E-state index in [0.29, 0.717) is 0 Å². The first-order valence-corrected chi connectivity index (χ1v) is 7.06. The van der Waals surface area contributed by atoms with E-state index in [1.54, 1.807) is 0 Å². The standard InChI is InChI=1S/C14H20ClN3O2/c1-20-14(19)13(10-16)18-8-6-17(7-9-18)12-5-3-2-4-11(12)15/h2-5,13H,6-10,16H2,1H3. The number of para-hydroxylation sites is 1. The summed E-state index contributed by atoms with van der Waals surface area (Å²) in [6.45, 7) is 3.44. The molecular weight excluding hydrogens is 278 g/mol. The zero-order valence-electron chi connectivity index (χ0n) is 11.6. The molecule has 1 heterocycles. The van der Waals surface area contributed by atoms with Crippen LogP contribution >= 0.6 is 11.6 Å². The lowest BCUT2D eigenvalue weighted by molar-refractivity contribution is -0.146. The second-order valence-electron chi connectivity index (χ2n) is 4.75. The molecule has 1 unspecified atom stereocenters. The number of benzene rings is 1. The van der Waals surface area contributed by atoms with Gasteiger partial charge in [0.05, 0.1) is 17.8 Å². The fourth-order valence-corrected chi connectivity index (χ4v) is 2.77. The number of carbonyl (C=O) groups is 1. The third-order valence-electron chi connectivity index (χ3n) is 3.64. The van der Waals surface area contributed by atoms with Gasteiger partial charge in [-0.3, -0.25) is 9.69 Å². The quantitative estimate of drug-likeness (QED) is 0.839. The maximum atomic E-state index is 11.7. The van der Waals surface area contributed by atoms with Gasteiger partial charge in [0.25, 0.3) is 0 Å². The Hall–Kier alpha value is -1.30. The molecule has 0 bridgehead atoms. The molecule has 20 heavy (non-hydrogen) atoms. The van der Waals surface area contributed by atoms with Crippen LogP contribution in [-0.2, 0) is 9.53 Å². The highest BCUT2D eigenvalue weighted by atomic mass is 35.5. The summed E-state index contributed by atoms with van der Waals surface area (Å²) >= 11 is 6.21. The van der Waals surface area contributed by atoms with Gasteiger partial charge in [-0.15, -0.1) is 0 Å². The molecule has 1 aromatic carbocycles. The summed E-state index contributed by atoms with van der Waals surface area (Å²) in [7, 11) is 1.39. The van der Waals surface area contributed by atoms with Crippen molar-refractivity contribution in [3.05, 3.63) is 29.3 Å². The van der Waals surface area contributed by atoms with Gasteiger partial charge in [0, 0.05) is 32.7 Å². The highest BCUT2D eigenvalue weighted by molar-refractivity contribution is 6.33. The first-order valence-electron chi connectivity index (χ1n) is 6.68. The molecule has 1 saturated heterocycles. The number of anilines is 1. The number of nitrogens with two attached hydrogens (primary N) is 1. The van der Waals surface area contributed by atoms with E-state index >= 15 is 0 Å². The molecule has 2 rings (SSSR count). The number of methoxy groups -OCH3 is 1. The van der Waals surface area contributed by atoms with Crippen molar-refractivity contribution in [2.24, 2.45) is 5.73 Å². The zero-order valence-corrected chi connectivity index (χ0v) is 12.3. The summed E-state index contributed by atoms with van der Waals surface area (Å²) < 4.78 is 4.79. The van der Waals surface area contributed by atoms with Gasteiger partial charge in [0.2, 0.25) is 0 Å². The number of rotatable bonds is 4. The van der Waals surface area contributed by atoms with E-state index in [4.69, 9.17) is 22.1 Å². The Morgan fingerprint density at radius 1 is 1.35 bits per heavy atom. The molecule has 110 valence electrons. The number of carbonyl (C=O) groups excluding carboxylic acids is 1. The maximum absolute atomic E-state index is 11.7. The molecule has 0 aliphatic carbocycles. The lowest BCUT2D eigenvalue weighted by atomic mass is 10.2. The smallest absolute Gasteiger partial charge is 0.324 e. The molecule has 1 atom stereocenters. The number of hydrogen-bond acceptors (Lipinski definition) is 5. The molecule has 1 aliphatic rings. The van der Waals surface area contributed by atoms with Crippen LogP contribution in [0.1, 0.15) is 0 Å². The molecule has 0 amide bonds. The molecule has 1 aromatic rings. The van der Waals surface area contributed by atoms with Crippen molar-refractivity contribution in [3.8, 4) is 0 Å². The van der Waals surface area contributed by atoms with E-state index in [1.807, 2.05) is 24.3 Å². The fourth-order valence-electron chi connectivity index (χ4n) is 2.51. The van der Waals surface area contributed by atoms with Gasteiger partial charge in [-0.1, -0.05) is 23.7 Å². The Morgan fingerprint density at radius 2 is 2.00 bits per heavy atom. The van der Waals surface area contributed by atoms with Crippen LogP contribution in [0.5, 0.6) is 0 Å². The molecule has 0 spiro atoms. The average Bonchev–Trinajstić information content (AvgIpc) is 2.49. The van der Waals surface area contributed by atoms with E-state index in [0.717, 1.165) is 36.9 Å². The van der Waals surface area contributed by atoms with E-state index in [2.05, 4.69) is 9.80 Å². The number of piperazine rings is 1. The molecule has 1 aliphatic heterocycles. The van der Waals surface area contributed by atoms with Crippen molar-refractivity contribution in [3.63, 3.8) is 0 Å². The molecule has 5 nitrogen and oxygen atoms in total. The fraction of sp³-hybridized carbons (Fsp3) is 0.500. The summed E-state index contributed by atoms with van der Waals surface area (Å²) in [5.41, 5.74) is 6.71. The predicted molar refractivity (Wildman–Crippen MR) is 80.1 cm³/mol. The summed E-state index contributed by atoms with van der Waals surface area (Å²) in [6, 6.07) is 7.45. The molecule has 1 fully saturated rings. The highest BCUT2D eigenvalue weighted by Gasteiger charge is 2.29. The average molecular weight is 298 g/mol. The summed E-state index contributed by atoms with van der Waals surface area (Å²) in [4.78, 5) is 16.0. The highest BCUT2D eigenvalue weighted by Crippen LogP contribution is 2.26. The lowest BCUT2D eigenvalue weighted by Gasteiger charge is -2.39. The molecular formula is C14H20ClN3O2. The second kappa shape index (κ2) is 6.92. The summed E-state index contributed by atoms with van der Waals surface area (Å²) in [6.07, 6.45) is 0. The van der Waals surface area contributed by atoms with Gasteiger partial charge in [-0.2, -0.15) is 0 Å². The molecule has 0 radical (unpaired) electrons. The van der Waals surface area contributed by atoms with Crippen LogP contribution in [0.4, 0.5) is 5.69 Å². The van der Waals surface area contributed by atoms with Crippen LogP contribution in [0, 0.1) is 0 Å². The normalized spacial score (nSPS) is 17.9. The van der Waals surface area contributed by atoms with Crippen LogP contribution in [-0.4, -0.2) is 56.7 Å². The lowest BCUT2D eigenvalue weighted by Crippen LogP contribution is -2.55. The number of ether oxygens (including phenoxy) is 1. The van der Waals surface area contributed by atoms with E-state index in [-0.39, 0.29) is 18.6 Å². The van der Waals surface area contributed by atoms with Crippen LogP contribution in [0.15, 0.2) is 24.3 Å². The molecule has 0 aromatic heterocycles. The van der Waals surface area contributed by atoms with E-state index in [1.165, 1.54) is 7.11 Å². The Morgan fingerprint density at radius 3 is 2.55 bits per heavy atom. The van der Waals surface area contributed by atoms with Crippen molar-refractivity contribution in [2.45, 2.75) is 6.04 Å². The Balaban J connectivity index is 1.99. The van der Waals surface area contributed by atoms with Gasteiger partial charge in [-0.05, 0) is 12.1 Å². The number of nitrogens with zero attached hydrogens (tertiary/aromatic N) is 2. The van der Waals surface area contributed by atoms with Crippen molar-refractivity contribution in [2.75, 3.05) is 44.7 Å². The first kappa shape index (κ1) is 15.1. The van der Waals surface area contributed by atoms with Crippen molar-refractivity contribution >= 4 is 23.3 Å². The van der Waals surface area contributed by atoms with Gasteiger partial charge in [-0.25, -0.2) is 0 Å². The maximum Gasteiger partial charge on any atom is 0.324 e. The largest absolute Gasteiger partial charge is 0.468 e. The Labute approximate surface area is 124 Å². The SMILES string of the molecule is COC(=O)C(CN)N1CCN(c2ccccc2Cl)CC1. The Kier molecular flexibility index (Phi) is 5.23. The van der Waals surface area contributed by atoms with E-state index < -0.39 is 0 Å². The molecule has 2 N–H and O–H groups in total. The van der Waals surface area contributed by atoms with Crippen molar-refractivity contribution in [1.29, 1.82) is 0 Å². The van der Waals surface area contributed by atoms with Crippen LogP contribution in [0.25, 0.3) is 0 Å². The monoisotopic (exact) mass is 297 g/mol. The van der Waals surface area contributed by atoms with Crippen molar-refractivity contribution < 1.29 is 9.53 Å². The minimum absolute atomic E-state index is 0.265. The van der Waals surface area contributed by atoms with Gasteiger partial charge >= 0.3 is 5.97 Å². The first-order chi connectivity index (χ1) is 9.67. The second-order valence-corrected chi connectivity index (χ2v) is 5.16. The molecule has 6 heteroatoms. The summed E-state index contributed by atoms with van der Waals surface area (Å²) in [5.74, 6) is -0.265. The zero-order chi connectivity index (χ0) is 14.5. The minimum atomic E-state index is -0.353. The third kappa shape index (κ3) is 3.23. The summed E-state index contributed by atoms with van der Waals surface area (Å²) in [5, 5.41) is 0.754. The Bertz CT molecular complexity index is 461. The molecule has 0 saturated carbocycles. The van der Waals surface area contributed by atoms with Gasteiger partial charge in [0.1, 0.15) is 6.04 Å². The number of hydrogen-bond donors (Lipinski definition) is 1. The van der Waals surface area contributed by atoms with Crippen LogP contribution < -0.4 is 10.6 Å². The number of halogens is 1. The topological polar surface area (TPSA) is 58.8 Å². The number of esters is 1. The van der Waals surface area contributed by atoms with Crippen molar-refractivity contribution in [1.82, 2.24) is 4.90 Å². The third-order valence-corrected chi connectivity index (χ3v) is 3.96. The van der Waals surface area contributed by atoms with E-state index in [9.17, 15) is 4.79 Å². The van der Waals surface area contributed by atoms with Gasteiger partial charge < -0.3 is 15.4 Å².